The highest BCUT2D eigenvalue weighted by Gasteiger charge is 2.24. The second-order valence-electron chi connectivity index (χ2n) is 11.0. The topological polar surface area (TPSA) is 68.0 Å². The van der Waals surface area contributed by atoms with E-state index in [-0.39, 0.29) is 11.6 Å². The summed E-state index contributed by atoms with van der Waals surface area (Å²) in [6.07, 6.45) is 4.89. The van der Waals surface area contributed by atoms with Crippen LogP contribution in [0.25, 0.3) is 16.7 Å². The minimum absolute atomic E-state index is 0.134. The number of benzene rings is 1. The highest BCUT2D eigenvalue weighted by atomic mass is 19.1. The van der Waals surface area contributed by atoms with Gasteiger partial charge in [0.2, 0.25) is 0 Å². The van der Waals surface area contributed by atoms with Crippen LogP contribution in [0.5, 0.6) is 0 Å². The molecule has 8 heteroatoms. The molecule has 1 atom stereocenters. The lowest BCUT2D eigenvalue weighted by Crippen LogP contribution is -2.33. The van der Waals surface area contributed by atoms with Crippen molar-refractivity contribution in [2.24, 2.45) is 0 Å². The summed E-state index contributed by atoms with van der Waals surface area (Å²) < 4.78 is 18.2. The first-order valence-corrected chi connectivity index (χ1v) is 12.9. The van der Waals surface area contributed by atoms with Gasteiger partial charge in [-0.25, -0.2) is 23.7 Å². The molecule has 0 amide bonds. The molecule has 5 rings (SSSR count). The Morgan fingerprint density at radius 2 is 1.92 bits per heavy atom. The monoisotopic (exact) mass is 502 g/mol. The van der Waals surface area contributed by atoms with E-state index < -0.39 is 5.67 Å². The normalized spacial score (nSPS) is 16.0. The summed E-state index contributed by atoms with van der Waals surface area (Å²) in [6.45, 7) is 6.85. The highest BCUT2D eigenvalue weighted by molar-refractivity contribution is 5.82. The number of likely N-dealkylation sites (N-methyl/N-ethyl adjacent to an activating group) is 1. The van der Waals surface area contributed by atoms with Crippen LogP contribution in [0.2, 0.25) is 0 Å². The Kier molecular flexibility index (Phi) is 6.40. The molecule has 0 radical (unpaired) electrons. The van der Waals surface area contributed by atoms with Gasteiger partial charge in [-0.3, -0.25) is 4.79 Å². The van der Waals surface area contributed by atoms with Crippen LogP contribution >= 0.6 is 0 Å². The zero-order chi connectivity index (χ0) is 26.5. The molecule has 0 aliphatic heterocycles. The van der Waals surface area contributed by atoms with E-state index >= 15 is 0 Å². The predicted molar refractivity (Wildman–Crippen MR) is 147 cm³/mol. The molecule has 1 unspecified atom stereocenters. The van der Waals surface area contributed by atoms with Gasteiger partial charge in [0.05, 0.1) is 16.6 Å². The molecular formula is C29H35FN6O. The van der Waals surface area contributed by atoms with Crippen LogP contribution in [0.15, 0.2) is 53.5 Å². The Labute approximate surface area is 216 Å². The maximum Gasteiger partial charge on any atom is 0.276 e. The molecule has 1 aliphatic carbocycles. The van der Waals surface area contributed by atoms with Crippen LogP contribution < -0.4 is 10.9 Å². The van der Waals surface area contributed by atoms with Gasteiger partial charge in [0.15, 0.2) is 5.82 Å². The number of nitrogens with zero attached hydrogens (tertiary/aromatic N) is 5. The molecule has 1 aromatic carbocycles. The van der Waals surface area contributed by atoms with E-state index in [0.717, 1.165) is 18.5 Å². The van der Waals surface area contributed by atoms with Crippen molar-refractivity contribution in [1.29, 1.82) is 0 Å². The van der Waals surface area contributed by atoms with Gasteiger partial charge in [-0.05, 0) is 96.4 Å². The molecule has 37 heavy (non-hydrogen) atoms. The van der Waals surface area contributed by atoms with Crippen molar-refractivity contribution in [3.63, 3.8) is 0 Å². The van der Waals surface area contributed by atoms with E-state index in [2.05, 4.69) is 52.5 Å². The van der Waals surface area contributed by atoms with Crippen molar-refractivity contribution in [2.45, 2.75) is 64.7 Å². The smallest absolute Gasteiger partial charge is 0.276 e. The molecule has 4 aromatic rings. The maximum absolute atomic E-state index is 14.7. The van der Waals surface area contributed by atoms with Crippen molar-refractivity contribution < 1.29 is 4.39 Å². The Morgan fingerprint density at radius 1 is 1.14 bits per heavy atom. The lowest BCUT2D eigenvalue weighted by Gasteiger charge is -2.30. The largest absolute Gasteiger partial charge is 0.340 e. The lowest BCUT2D eigenvalue weighted by atomic mass is 9.87. The third-order valence-corrected chi connectivity index (χ3v) is 7.23. The summed E-state index contributed by atoms with van der Waals surface area (Å²) in [5.41, 5.74) is 2.94. The molecule has 0 saturated carbocycles. The van der Waals surface area contributed by atoms with E-state index in [0.29, 0.717) is 34.3 Å². The number of pyridine rings is 2. The van der Waals surface area contributed by atoms with Crippen molar-refractivity contribution >= 4 is 22.4 Å². The number of anilines is 2. The van der Waals surface area contributed by atoms with Crippen LogP contribution in [0.3, 0.4) is 0 Å². The van der Waals surface area contributed by atoms with Crippen molar-refractivity contribution in [3.8, 4) is 5.82 Å². The van der Waals surface area contributed by atoms with Crippen molar-refractivity contribution in [2.75, 3.05) is 19.4 Å². The first-order valence-electron chi connectivity index (χ1n) is 12.9. The summed E-state index contributed by atoms with van der Waals surface area (Å²) in [5.74, 6) is 1.12. The van der Waals surface area contributed by atoms with Crippen LogP contribution in [-0.2, 0) is 18.5 Å². The maximum atomic E-state index is 14.7. The molecule has 3 heterocycles. The number of rotatable bonds is 6. The van der Waals surface area contributed by atoms with E-state index in [1.807, 2.05) is 19.9 Å². The zero-order valence-corrected chi connectivity index (χ0v) is 22.4. The molecule has 3 aromatic heterocycles. The molecule has 1 N–H and O–H groups in total. The molecule has 7 nitrogen and oxygen atoms in total. The average Bonchev–Trinajstić information content (AvgIpc) is 3.15. The van der Waals surface area contributed by atoms with Crippen LogP contribution in [0, 0.1) is 0 Å². The first-order chi connectivity index (χ1) is 17.5. The van der Waals surface area contributed by atoms with Crippen LogP contribution in [-0.4, -0.2) is 44.4 Å². The fourth-order valence-electron chi connectivity index (χ4n) is 5.16. The van der Waals surface area contributed by atoms with Gasteiger partial charge in [0.1, 0.15) is 11.5 Å². The predicted octanol–water partition coefficient (Wildman–Crippen LogP) is 5.53. The van der Waals surface area contributed by atoms with Gasteiger partial charge < -0.3 is 10.2 Å². The van der Waals surface area contributed by atoms with Gasteiger partial charge in [-0.2, -0.15) is 0 Å². The van der Waals surface area contributed by atoms with Gasteiger partial charge in [0, 0.05) is 30.0 Å². The lowest BCUT2D eigenvalue weighted by molar-refractivity contribution is 0.214. The van der Waals surface area contributed by atoms with E-state index in [9.17, 15) is 9.18 Å². The van der Waals surface area contributed by atoms with E-state index in [4.69, 9.17) is 0 Å². The Balaban J connectivity index is 1.57. The second-order valence-corrected chi connectivity index (χ2v) is 11.0. The number of fused-ring (bicyclic) bond motifs is 2. The minimum atomic E-state index is -1.60. The highest BCUT2D eigenvalue weighted by Crippen LogP contribution is 2.29. The number of aromatic nitrogens is 4. The zero-order valence-electron chi connectivity index (χ0n) is 22.4. The summed E-state index contributed by atoms with van der Waals surface area (Å²) in [4.78, 5) is 24.8. The Morgan fingerprint density at radius 3 is 2.62 bits per heavy atom. The van der Waals surface area contributed by atoms with E-state index in [1.54, 1.807) is 33.8 Å². The SMILES string of the molecule is CC(C)n1c(=O)c2cnc(Nc3ccc4c(c3)CC(N(C)C)CC4)cc2n1-c1cccc(C(C)(C)F)n1. The third kappa shape index (κ3) is 4.78. The van der Waals surface area contributed by atoms with Crippen molar-refractivity contribution in [3.05, 3.63) is 75.8 Å². The molecule has 1 aliphatic rings. The quantitative estimate of drug-likeness (QED) is 0.376. The third-order valence-electron chi connectivity index (χ3n) is 7.23. The van der Waals surface area contributed by atoms with Crippen LogP contribution in [0.4, 0.5) is 15.9 Å². The summed E-state index contributed by atoms with van der Waals surface area (Å²) >= 11 is 0. The van der Waals surface area contributed by atoms with Gasteiger partial charge in [-0.15, -0.1) is 0 Å². The Bertz CT molecular complexity index is 1510. The van der Waals surface area contributed by atoms with Gasteiger partial charge in [0.25, 0.3) is 5.56 Å². The molecular weight excluding hydrogens is 467 g/mol. The fraction of sp³-hybridized carbons (Fsp3) is 0.414. The number of hydrogen-bond donors (Lipinski definition) is 1. The summed E-state index contributed by atoms with van der Waals surface area (Å²) in [7, 11) is 4.28. The number of alkyl halides is 1. The average molecular weight is 503 g/mol. The van der Waals surface area contributed by atoms with Crippen molar-refractivity contribution in [1.82, 2.24) is 24.2 Å². The molecule has 0 bridgehead atoms. The number of hydrogen-bond acceptors (Lipinski definition) is 5. The van der Waals surface area contributed by atoms with E-state index in [1.165, 1.54) is 31.4 Å². The number of halogens is 1. The molecule has 0 fully saturated rings. The van der Waals surface area contributed by atoms with Gasteiger partial charge >= 0.3 is 0 Å². The molecule has 0 saturated heterocycles. The molecule has 194 valence electrons. The van der Waals surface area contributed by atoms with Gasteiger partial charge in [-0.1, -0.05) is 12.1 Å². The fourth-order valence-corrected chi connectivity index (χ4v) is 5.16. The minimum Gasteiger partial charge on any atom is -0.340 e. The first kappa shape index (κ1) is 25.1. The summed E-state index contributed by atoms with van der Waals surface area (Å²) in [5, 5.41) is 3.92. The number of nitrogens with one attached hydrogen (secondary N) is 1. The Hall–Kier alpha value is -3.52. The number of aryl methyl sites for hydroxylation is 1. The standard InChI is InChI=1S/C29H35FN6O/c1-18(2)35-28(37)23-17-31-26(16-24(23)36(35)27-9-7-8-25(33-27)29(3,4)30)32-21-12-10-19-11-13-22(34(5)6)15-20(19)14-21/h7-10,12,14,16-18,22H,11,13,15H2,1-6H3,(H,31,32). The summed E-state index contributed by atoms with van der Waals surface area (Å²) in [6, 6.07) is 14.0. The molecule has 0 spiro atoms. The second kappa shape index (κ2) is 9.41. The van der Waals surface area contributed by atoms with Crippen LogP contribution in [0.1, 0.15) is 57.0 Å².